The largest absolute Gasteiger partial charge is 0.397 e. The van der Waals surface area contributed by atoms with Gasteiger partial charge in [-0.25, -0.2) is 13.6 Å². The summed E-state index contributed by atoms with van der Waals surface area (Å²) in [4.78, 5) is 0.0860. The molecule has 0 radical (unpaired) electrons. The number of rotatable bonds is 4. The van der Waals surface area contributed by atoms with Crippen molar-refractivity contribution in [2.45, 2.75) is 35.4 Å². The summed E-state index contributed by atoms with van der Waals surface area (Å²) in [5.41, 5.74) is 7.08. The van der Waals surface area contributed by atoms with E-state index in [0.29, 0.717) is 22.7 Å². The molecule has 1 aliphatic rings. The van der Waals surface area contributed by atoms with Crippen LogP contribution in [0.5, 0.6) is 0 Å². The molecule has 0 aliphatic heterocycles. The van der Waals surface area contributed by atoms with Crippen LogP contribution in [0, 0.1) is 0 Å². The smallest absolute Gasteiger partial charge is 0.238 e. The summed E-state index contributed by atoms with van der Waals surface area (Å²) in [6, 6.07) is 4.84. The zero-order valence-corrected chi connectivity index (χ0v) is 12.4. The van der Waals surface area contributed by atoms with Crippen LogP contribution in [0.4, 0.5) is 11.4 Å². The minimum Gasteiger partial charge on any atom is -0.397 e. The predicted molar refractivity (Wildman–Crippen MR) is 80.8 cm³/mol. The highest BCUT2D eigenvalue weighted by Crippen LogP contribution is 2.32. The Labute approximate surface area is 118 Å². The maximum atomic E-state index is 11.4. The van der Waals surface area contributed by atoms with Gasteiger partial charge in [-0.1, -0.05) is 6.42 Å². The summed E-state index contributed by atoms with van der Waals surface area (Å²) in [5, 5.41) is 9.03. The standard InChI is InChI=1S/C12H19N3O2S2/c1-18-12-4-2-3-10(12)15-11-7-8(19(14,16)17)5-6-9(11)13/h5-7,10,12,15H,2-4,13H2,1H3,(H2,14,16,17). The maximum absolute atomic E-state index is 11.4. The Bertz CT molecular complexity index is 560. The first-order chi connectivity index (χ1) is 8.91. The molecule has 2 atom stereocenters. The Morgan fingerprint density at radius 3 is 2.74 bits per heavy atom. The van der Waals surface area contributed by atoms with Gasteiger partial charge >= 0.3 is 0 Å². The van der Waals surface area contributed by atoms with Crippen LogP contribution in [0.1, 0.15) is 19.3 Å². The lowest BCUT2D eigenvalue weighted by molar-refractivity contribution is 0.598. The first-order valence-electron chi connectivity index (χ1n) is 6.13. The number of nitrogens with two attached hydrogens (primary N) is 2. The molecule has 106 valence electrons. The minimum absolute atomic E-state index is 0.0860. The van der Waals surface area contributed by atoms with E-state index in [2.05, 4.69) is 11.6 Å². The van der Waals surface area contributed by atoms with Crippen molar-refractivity contribution in [3.8, 4) is 0 Å². The zero-order chi connectivity index (χ0) is 14.0. The van der Waals surface area contributed by atoms with Crippen LogP contribution >= 0.6 is 11.8 Å². The summed E-state index contributed by atoms with van der Waals surface area (Å²) < 4.78 is 22.7. The molecular weight excluding hydrogens is 282 g/mol. The molecule has 2 unspecified atom stereocenters. The van der Waals surface area contributed by atoms with Crippen LogP contribution in [0.25, 0.3) is 0 Å². The van der Waals surface area contributed by atoms with Crippen LogP contribution in [0.15, 0.2) is 23.1 Å². The van der Waals surface area contributed by atoms with E-state index < -0.39 is 10.0 Å². The zero-order valence-electron chi connectivity index (χ0n) is 10.8. The monoisotopic (exact) mass is 301 g/mol. The average Bonchev–Trinajstić information content (AvgIpc) is 2.77. The van der Waals surface area contributed by atoms with Crippen molar-refractivity contribution in [3.05, 3.63) is 18.2 Å². The van der Waals surface area contributed by atoms with Crippen molar-refractivity contribution in [2.24, 2.45) is 5.14 Å². The minimum atomic E-state index is -3.70. The Balaban J connectivity index is 2.24. The summed E-state index contributed by atoms with van der Waals surface area (Å²) in [6.07, 6.45) is 5.52. The predicted octanol–water partition coefficient (Wildman–Crippen LogP) is 1.61. The molecule has 1 aromatic carbocycles. The molecular formula is C12H19N3O2S2. The molecule has 2 rings (SSSR count). The summed E-state index contributed by atoms with van der Waals surface area (Å²) >= 11 is 1.83. The molecule has 0 bridgehead atoms. The Morgan fingerprint density at radius 2 is 2.11 bits per heavy atom. The lowest BCUT2D eigenvalue weighted by atomic mass is 10.2. The number of hydrogen-bond donors (Lipinski definition) is 3. The van der Waals surface area contributed by atoms with E-state index in [0.717, 1.165) is 6.42 Å². The second kappa shape index (κ2) is 5.60. The van der Waals surface area contributed by atoms with Crippen LogP contribution in [-0.2, 0) is 10.0 Å². The van der Waals surface area contributed by atoms with Gasteiger partial charge in [0, 0.05) is 11.3 Å². The third kappa shape index (κ3) is 3.34. The molecule has 0 amide bonds. The van der Waals surface area contributed by atoms with Gasteiger partial charge in [0.1, 0.15) is 0 Å². The van der Waals surface area contributed by atoms with Gasteiger partial charge in [0.25, 0.3) is 0 Å². The van der Waals surface area contributed by atoms with E-state index in [1.54, 1.807) is 6.07 Å². The number of nitrogen functional groups attached to an aromatic ring is 1. The quantitative estimate of drug-likeness (QED) is 0.734. The second-order valence-corrected chi connectivity index (χ2v) is 7.39. The maximum Gasteiger partial charge on any atom is 0.238 e. The Morgan fingerprint density at radius 1 is 1.37 bits per heavy atom. The van der Waals surface area contributed by atoms with Crippen molar-refractivity contribution >= 4 is 33.2 Å². The fourth-order valence-electron chi connectivity index (χ4n) is 2.41. The summed E-state index contributed by atoms with van der Waals surface area (Å²) in [6.45, 7) is 0. The van der Waals surface area contributed by atoms with E-state index in [4.69, 9.17) is 10.9 Å². The second-order valence-electron chi connectivity index (χ2n) is 4.75. The lowest BCUT2D eigenvalue weighted by Crippen LogP contribution is -2.26. The molecule has 19 heavy (non-hydrogen) atoms. The molecule has 0 spiro atoms. The Kier molecular flexibility index (Phi) is 4.27. The van der Waals surface area contributed by atoms with Gasteiger partial charge < -0.3 is 11.1 Å². The molecule has 7 heteroatoms. The van der Waals surface area contributed by atoms with Crippen molar-refractivity contribution in [1.29, 1.82) is 0 Å². The fraction of sp³-hybridized carbons (Fsp3) is 0.500. The van der Waals surface area contributed by atoms with E-state index in [1.165, 1.54) is 25.0 Å². The third-order valence-electron chi connectivity index (χ3n) is 3.45. The van der Waals surface area contributed by atoms with Gasteiger partial charge in [-0.15, -0.1) is 0 Å². The normalized spacial score (nSPS) is 23.5. The van der Waals surface area contributed by atoms with Crippen molar-refractivity contribution in [1.82, 2.24) is 0 Å². The first kappa shape index (κ1) is 14.5. The number of primary sulfonamides is 1. The molecule has 5 N–H and O–H groups in total. The third-order valence-corrected chi connectivity index (χ3v) is 5.53. The number of anilines is 2. The Hall–Kier alpha value is -0.920. The number of benzene rings is 1. The molecule has 0 aromatic heterocycles. The van der Waals surface area contributed by atoms with E-state index >= 15 is 0 Å². The lowest BCUT2D eigenvalue weighted by Gasteiger charge is -2.21. The summed E-state index contributed by atoms with van der Waals surface area (Å²) in [5.74, 6) is 0. The first-order valence-corrected chi connectivity index (χ1v) is 8.97. The molecule has 5 nitrogen and oxygen atoms in total. The highest BCUT2D eigenvalue weighted by Gasteiger charge is 2.26. The molecule has 0 heterocycles. The average molecular weight is 301 g/mol. The molecule has 1 fully saturated rings. The molecule has 1 aliphatic carbocycles. The van der Waals surface area contributed by atoms with Crippen LogP contribution < -0.4 is 16.2 Å². The van der Waals surface area contributed by atoms with E-state index in [-0.39, 0.29) is 4.90 Å². The molecule has 1 saturated carbocycles. The van der Waals surface area contributed by atoms with Gasteiger partial charge in [-0.3, -0.25) is 0 Å². The highest BCUT2D eigenvalue weighted by atomic mass is 32.2. The van der Waals surface area contributed by atoms with E-state index in [9.17, 15) is 8.42 Å². The number of hydrogen-bond acceptors (Lipinski definition) is 5. The number of sulfonamides is 1. The van der Waals surface area contributed by atoms with Crippen molar-refractivity contribution < 1.29 is 8.42 Å². The number of thioether (sulfide) groups is 1. The van der Waals surface area contributed by atoms with Gasteiger partial charge in [0.2, 0.25) is 10.0 Å². The SMILES string of the molecule is CSC1CCCC1Nc1cc(S(N)(=O)=O)ccc1N. The topological polar surface area (TPSA) is 98.2 Å². The number of nitrogens with one attached hydrogen (secondary N) is 1. The van der Waals surface area contributed by atoms with Crippen LogP contribution in [-0.4, -0.2) is 26.0 Å². The molecule has 1 aromatic rings. The van der Waals surface area contributed by atoms with Crippen molar-refractivity contribution in [3.63, 3.8) is 0 Å². The van der Waals surface area contributed by atoms with Crippen LogP contribution in [0.2, 0.25) is 0 Å². The molecule has 0 saturated heterocycles. The van der Waals surface area contributed by atoms with Gasteiger partial charge in [-0.2, -0.15) is 11.8 Å². The fourth-order valence-corrected chi connectivity index (χ4v) is 3.89. The van der Waals surface area contributed by atoms with Crippen molar-refractivity contribution in [2.75, 3.05) is 17.3 Å². The summed E-state index contributed by atoms with van der Waals surface area (Å²) in [7, 11) is -3.70. The van der Waals surface area contributed by atoms with Gasteiger partial charge in [-0.05, 0) is 37.3 Å². The highest BCUT2D eigenvalue weighted by molar-refractivity contribution is 7.99. The van der Waals surface area contributed by atoms with Gasteiger partial charge in [0.15, 0.2) is 0 Å². The van der Waals surface area contributed by atoms with E-state index in [1.807, 2.05) is 11.8 Å². The van der Waals surface area contributed by atoms with Crippen LogP contribution in [0.3, 0.4) is 0 Å². The van der Waals surface area contributed by atoms with Gasteiger partial charge in [0.05, 0.1) is 16.3 Å².